The van der Waals surface area contributed by atoms with Gasteiger partial charge in [-0.1, -0.05) is 12.1 Å². The minimum Gasteiger partial charge on any atom is -0.352 e. The van der Waals surface area contributed by atoms with E-state index in [1.165, 1.54) is 12.1 Å². The van der Waals surface area contributed by atoms with Gasteiger partial charge in [0.05, 0.1) is 11.6 Å². The van der Waals surface area contributed by atoms with Gasteiger partial charge in [-0.2, -0.15) is 13.2 Å². The highest BCUT2D eigenvalue weighted by Crippen LogP contribution is 2.29. The lowest BCUT2D eigenvalue weighted by Crippen LogP contribution is -2.43. The fourth-order valence-electron chi connectivity index (χ4n) is 2.06. The lowest BCUT2D eigenvalue weighted by molar-refractivity contribution is -0.137. The van der Waals surface area contributed by atoms with Crippen LogP contribution in [0, 0.1) is 0 Å². The molecule has 1 amide bonds. The van der Waals surface area contributed by atoms with Crippen molar-refractivity contribution in [3.05, 3.63) is 35.4 Å². The number of nitrogens with one attached hydrogen (secondary N) is 2. The van der Waals surface area contributed by atoms with E-state index in [1.54, 1.807) is 6.92 Å². The molecule has 0 aliphatic heterocycles. The van der Waals surface area contributed by atoms with Crippen LogP contribution in [0.15, 0.2) is 24.3 Å². The van der Waals surface area contributed by atoms with Gasteiger partial charge in [-0.15, -0.1) is 0 Å². The SMILES string of the molecule is CC(NC(C)c1ccc(C(F)(F)F)cc1)C(=O)NC1CC1. The van der Waals surface area contributed by atoms with E-state index >= 15 is 0 Å². The molecule has 1 fully saturated rings. The lowest BCUT2D eigenvalue weighted by atomic mass is 10.0. The maximum absolute atomic E-state index is 12.5. The van der Waals surface area contributed by atoms with Crippen molar-refractivity contribution in [2.45, 2.75) is 51.0 Å². The van der Waals surface area contributed by atoms with Crippen LogP contribution in [0.2, 0.25) is 0 Å². The molecule has 2 rings (SSSR count). The average Bonchev–Trinajstić information content (AvgIpc) is 3.21. The van der Waals surface area contributed by atoms with Crippen molar-refractivity contribution in [1.29, 1.82) is 0 Å². The molecule has 6 heteroatoms. The monoisotopic (exact) mass is 300 g/mol. The second-order valence-electron chi connectivity index (χ2n) is 5.51. The summed E-state index contributed by atoms with van der Waals surface area (Å²) in [6.07, 6.45) is -2.29. The topological polar surface area (TPSA) is 41.1 Å². The van der Waals surface area contributed by atoms with Crippen LogP contribution in [-0.2, 0) is 11.0 Å². The van der Waals surface area contributed by atoms with Crippen LogP contribution in [0.1, 0.15) is 43.9 Å². The highest BCUT2D eigenvalue weighted by molar-refractivity contribution is 5.81. The smallest absolute Gasteiger partial charge is 0.352 e. The van der Waals surface area contributed by atoms with E-state index in [9.17, 15) is 18.0 Å². The Bertz CT molecular complexity index is 495. The van der Waals surface area contributed by atoms with Gasteiger partial charge in [-0.3, -0.25) is 10.1 Å². The van der Waals surface area contributed by atoms with E-state index in [0.29, 0.717) is 11.6 Å². The number of carbonyl (C=O) groups excluding carboxylic acids is 1. The van der Waals surface area contributed by atoms with Crippen LogP contribution in [-0.4, -0.2) is 18.0 Å². The quantitative estimate of drug-likeness (QED) is 0.877. The first-order valence-electron chi connectivity index (χ1n) is 7.01. The third-order valence-corrected chi connectivity index (χ3v) is 3.56. The van der Waals surface area contributed by atoms with Gasteiger partial charge in [0.25, 0.3) is 0 Å². The van der Waals surface area contributed by atoms with Crippen molar-refractivity contribution < 1.29 is 18.0 Å². The summed E-state index contributed by atoms with van der Waals surface area (Å²) in [4.78, 5) is 11.8. The molecule has 1 aliphatic rings. The Balaban J connectivity index is 1.92. The van der Waals surface area contributed by atoms with Crippen LogP contribution in [0.4, 0.5) is 13.2 Å². The number of amides is 1. The molecule has 2 atom stereocenters. The molecule has 1 aromatic rings. The van der Waals surface area contributed by atoms with Crippen molar-refractivity contribution in [2.24, 2.45) is 0 Å². The molecule has 1 aliphatic carbocycles. The first-order chi connectivity index (χ1) is 9.77. The van der Waals surface area contributed by atoms with E-state index < -0.39 is 11.7 Å². The van der Waals surface area contributed by atoms with Crippen LogP contribution in [0.3, 0.4) is 0 Å². The molecule has 2 unspecified atom stereocenters. The number of hydrogen-bond donors (Lipinski definition) is 2. The van der Waals surface area contributed by atoms with Gasteiger partial charge in [-0.05, 0) is 44.4 Å². The standard InChI is InChI=1S/C15H19F3N2O/c1-9(19-10(2)14(21)20-13-7-8-13)11-3-5-12(6-4-11)15(16,17)18/h3-6,9-10,13,19H,7-8H2,1-2H3,(H,20,21). The highest BCUT2D eigenvalue weighted by Gasteiger charge is 2.30. The first-order valence-corrected chi connectivity index (χ1v) is 7.01. The highest BCUT2D eigenvalue weighted by atomic mass is 19.4. The van der Waals surface area contributed by atoms with Gasteiger partial charge in [0, 0.05) is 12.1 Å². The fraction of sp³-hybridized carbons (Fsp3) is 0.533. The Kier molecular flexibility index (Phi) is 4.56. The third-order valence-electron chi connectivity index (χ3n) is 3.56. The largest absolute Gasteiger partial charge is 0.416 e. The Morgan fingerprint density at radius 3 is 2.24 bits per heavy atom. The Morgan fingerprint density at radius 2 is 1.76 bits per heavy atom. The summed E-state index contributed by atoms with van der Waals surface area (Å²) in [5.41, 5.74) is 0.0482. The lowest BCUT2D eigenvalue weighted by Gasteiger charge is -2.20. The van der Waals surface area contributed by atoms with Gasteiger partial charge in [0.15, 0.2) is 0 Å². The number of benzene rings is 1. The molecule has 116 valence electrons. The molecule has 0 radical (unpaired) electrons. The summed E-state index contributed by atoms with van der Waals surface area (Å²) in [7, 11) is 0. The molecular weight excluding hydrogens is 281 g/mol. The third kappa shape index (κ3) is 4.46. The summed E-state index contributed by atoms with van der Waals surface area (Å²) in [6, 6.07) is 4.70. The summed E-state index contributed by atoms with van der Waals surface area (Å²) < 4.78 is 37.5. The maximum atomic E-state index is 12.5. The predicted octanol–water partition coefficient (Wildman–Crippen LogP) is 3.02. The van der Waals surface area contributed by atoms with Crippen molar-refractivity contribution in [3.63, 3.8) is 0 Å². The molecule has 1 aromatic carbocycles. The van der Waals surface area contributed by atoms with Crippen LogP contribution in [0.25, 0.3) is 0 Å². The summed E-state index contributed by atoms with van der Waals surface area (Å²) in [5, 5.41) is 5.98. The Hall–Kier alpha value is -1.56. The number of rotatable bonds is 5. The molecular formula is C15H19F3N2O. The van der Waals surface area contributed by atoms with Crippen molar-refractivity contribution in [3.8, 4) is 0 Å². The average molecular weight is 300 g/mol. The first kappa shape index (κ1) is 15.8. The van der Waals surface area contributed by atoms with Crippen LogP contribution < -0.4 is 10.6 Å². The maximum Gasteiger partial charge on any atom is 0.416 e. The zero-order chi connectivity index (χ0) is 15.6. The van der Waals surface area contributed by atoms with Crippen LogP contribution >= 0.6 is 0 Å². The minimum absolute atomic E-state index is 0.0729. The van der Waals surface area contributed by atoms with E-state index in [0.717, 1.165) is 25.0 Å². The van der Waals surface area contributed by atoms with Crippen molar-refractivity contribution in [1.82, 2.24) is 10.6 Å². The second-order valence-corrected chi connectivity index (χ2v) is 5.51. The number of hydrogen-bond acceptors (Lipinski definition) is 2. The normalized spacial score (nSPS) is 18.1. The van der Waals surface area contributed by atoms with Gasteiger partial charge in [0.1, 0.15) is 0 Å². The van der Waals surface area contributed by atoms with E-state index in [4.69, 9.17) is 0 Å². The Labute approximate surface area is 121 Å². The molecule has 0 bridgehead atoms. The van der Waals surface area contributed by atoms with Crippen molar-refractivity contribution in [2.75, 3.05) is 0 Å². The van der Waals surface area contributed by atoms with E-state index in [2.05, 4.69) is 10.6 Å². The zero-order valence-corrected chi connectivity index (χ0v) is 12.0. The van der Waals surface area contributed by atoms with Gasteiger partial charge >= 0.3 is 6.18 Å². The Morgan fingerprint density at radius 1 is 1.19 bits per heavy atom. The summed E-state index contributed by atoms with van der Waals surface area (Å²) >= 11 is 0. The van der Waals surface area contributed by atoms with Crippen molar-refractivity contribution >= 4 is 5.91 Å². The molecule has 21 heavy (non-hydrogen) atoms. The molecule has 3 nitrogen and oxygen atoms in total. The number of alkyl halides is 3. The molecule has 0 saturated heterocycles. The fourth-order valence-corrected chi connectivity index (χ4v) is 2.06. The van der Waals surface area contributed by atoms with Gasteiger partial charge < -0.3 is 5.32 Å². The van der Waals surface area contributed by atoms with Gasteiger partial charge in [0.2, 0.25) is 5.91 Å². The minimum atomic E-state index is -4.33. The van der Waals surface area contributed by atoms with Gasteiger partial charge in [-0.25, -0.2) is 0 Å². The summed E-state index contributed by atoms with van der Waals surface area (Å²) in [6.45, 7) is 3.57. The second kappa shape index (κ2) is 6.05. The molecule has 0 heterocycles. The predicted molar refractivity (Wildman–Crippen MR) is 73.6 cm³/mol. The molecule has 1 saturated carbocycles. The number of halogens is 3. The number of carbonyl (C=O) groups is 1. The van der Waals surface area contributed by atoms with Crippen LogP contribution in [0.5, 0.6) is 0 Å². The van der Waals surface area contributed by atoms with E-state index in [-0.39, 0.29) is 18.0 Å². The molecule has 0 aromatic heterocycles. The molecule has 0 spiro atoms. The summed E-state index contributed by atoms with van der Waals surface area (Å²) in [5.74, 6) is -0.0729. The zero-order valence-electron chi connectivity index (χ0n) is 12.0. The molecule has 2 N–H and O–H groups in total. The van der Waals surface area contributed by atoms with E-state index in [1.807, 2.05) is 6.92 Å².